The Hall–Kier alpha value is -2.49. The van der Waals surface area contributed by atoms with Crippen molar-refractivity contribution in [3.8, 4) is 11.5 Å². The average molecular weight is 617 g/mol. The number of carboxylic acids is 1. The molecule has 1 heterocycles. The third-order valence-electron chi connectivity index (χ3n) is 8.55. The van der Waals surface area contributed by atoms with Crippen LogP contribution in [-0.2, 0) is 10.2 Å². The molecule has 0 saturated carbocycles. The molecule has 0 fully saturated rings. The molecule has 4 nitrogen and oxygen atoms in total. The lowest BCUT2D eigenvalue weighted by molar-refractivity contribution is -0.284. The van der Waals surface area contributed by atoms with Crippen LogP contribution in [0.3, 0.4) is 0 Å². The van der Waals surface area contributed by atoms with Gasteiger partial charge >= 0.3 is 18.1 Å². The summed E-state index contributed by atoms with van der Waals surface area (Å²) in [4.78, 5) is 12.5. The van der Waals surface area contributed by atoms with Crippen molar-refractivity contribution >= 4 is 17.7 Å². The van der Waals surface area contributed by atoms with Crippen LogP contribution in [0.5, 0.6) is 11.5 Å². The van der Waals surface area contributed by atoms with Crippen molar-refractivity contribution in [2.45, 2.75) is 112 Å². The first kappa shape index (κ1) is 34.0. The molecule has 10 heteroatoms. The fraction of sp³-hybridized carbons (Fsp3) is 0.594. The highest BCUT2D eigenvalue weighted by Gasteiger charge is 2.56. The van der Waals surface area contributed by atoms with E-state index in [0.29, 0.717) is 6.42 Å². The Morgan fingerprint density at radius 1 is 0.881 bits per heavy atom. The first-order valence-corrected chi connectivity index (χ1v) is 15.7. The van der Waals surface area contributed by atoms with E-state index in [9.17, 15) is 42.1 Å². The fourth-order valence-electron chi connectivity index (χ4n) is 5.93. The van der Waals surface area contributed by atoms with Crippen LogP contribution in [-0.4, -0.2) is 39.1 Å². The van der Waals surface area contributed by atoms with Gasteiger partial charge in [0.1, 0.15) is 11.5 Å². The molecule has 3 N–H and O–H groups in total. The number of hydrogen-bond acceptors (Lipinski definition) is 4. The van der Waals surface area contributed by atoms with Crippen LogP contribution in [0.1, 0.15) is 101 Å². The number of alkyl halides is 5. The predicted molar refractivity (Wildman–Crippen MR) is 155 cm³/mol. The minimum Gasteiger partial charge on any atom is -0.508 e. The standard InChI is InChI=1S/C32H41F5O4S/c1-30(23-13-15-24(38)16-14-23)21-42-28-20-25(39)17-18-26(28)27(30)12-8-6-4-2-3-5-7-10-22(29(40)41)11-9-19-31(33,34)32(35,36)37/h13-18,20,22,27,38-39H,2-12,19,21H2,1H3,(H,40,41)/t22?,27-,30-/m1/s1. The lowest BCUT2D eigenvalue weighted by atomic mass is 9.68. The van der Waals surface area contributed by atoms with Crippen LogP contribution in [0.2, 0.25) is 0 Å². The number of benzene rings is 2. The topological polar surface area (TPSA) is 77.8 Å². The van der Waals surface area contributed by atoms with Gasteiger partial charge in [0.15, 0.2) is 0 Å². The molecule has 0 aromatic heterocycles. The van der Waals surface area contributed by atoms with Crippen molar-refractivity contribution in [3.05, 3.63) is 53.6 Å². The van der Waals surface area contributed by atoms with E-state index < -0.39 is 36.8 Å². The second-order valence-electron chi connectivity index (χ2n) is 11.7. The third kappa shape index (κ3) is 9.01. The summed E-state index contributed by atoms with van der Waals surface area (Å²) in [5.74, 6) is -5.24. The van der Waals surface area contributed by atoms with Crippen LogP contribution in [0.4, 0.5) is 22.0 Å². The number of aromatic hydroxyl groups is 2. The van der Waals surface area contributed by atoms with Gasteiger partial charge in [0, 0.05) is 22.5 Å². The summed E-state index contributed by atoms with van der Waals surface area (Å²) in [6, 6.07) is 13.0. The maximum atomic E-state index is 13.1. The minimum absolute atomic E-state index is 0.133. The van der Waals surface area contributed by atoms with Crippen molar-refractivity contribution in [2.75, 3.05) is 5.75 Å². The van der Waals surface area contributed by atoms with Gasteiger partial charge in [0.25, 0.3) is 0 Å². The monoisotopic (exact) mass is 616 g/mol. The zero-order valence-corrected chi connectivity index (χ0v) is 24.8. The van der Waals surface area contributed by atoms with Gasteiger partial charge < -0.3 is 15.3 Å². The van der Waals surface area contributed by atoms with E-state index in [4.69, 9.17) is 0 Å². The lowest BCUT2D eigenvalue weighted by Gasteiger charge is -2.43. The number of halogens is 5. The number of hydrogen-bond donors (Lipinski definition) is 3. The molecule has 2 aromatic rings. The molecule has 3 atom stereocenters. The van der Waals surface area contributed by atoms with Gasteiger partial charge in [-0.05, 0) is 67.0 Å². The molecule has 1 aliphatic heterocycles. The van der Waals surface area contributed by atoms with E-state index in [1.54, 1.807) is 30.0 Å². The van der Waals surface area contributed by atoms with Crippen LogP contribution >= 0.6 is 11.8 Å². The number of fused-ring (bicyclic) bond motifs is 1. The maximum Gasteiger partial charge on any atom is 0.453 e. The van der Waals surface area contributed by atoms with E-state index in [-0.39, 0.29) is 35.7 Å². The first-order chi connectivity index (χ1) is 19.7. The average Bonchev–Trinajstić information content (AvgIpc) is 2.91. The van der Waals surface area contributed by atoms with E-state index >= 15 is 0 Å². The highest BCUT2D eigenvalue weighted by molar-refractivity contribution is 7.99. The second kappa shape index (κ2) is 14.8. The van der Waals surface area contributed by atoms with Gasteiger partial charge in [-0.1, -0.05) is 70.1 Å². The Morgan fingerprint density at radius 3 is 2.07 bits per heavy atom. The van der Waals surface area contributed by atoms with Crippen molar-refractivity contribution in [1.82, 2.24) is 0 Å². The smallest absolute Gasteiger partial charge is 0.453 e. The van der Waals surface area contributed by atoms with Crippen molar-refractivity contribution in [1.29, 1.82) is 0 Å². The van der Waals surface area contributed by atoms with Gasteiger partial charge in [0.05, 0.1) is 5.92 Å². The quantitative estimate of drug-likeness (QED) is 0.129. The zero-order valence-electron chi connectivity index (χ0n) is 23.9. The number of unbranched alkanes of at least 4 members (excludes halogenated alkanes) is 6. The molecular weight excluding hydrogens is 575 g/mol. The number of carboxylic acid groups (broad SMARTS) is 1. The number of carbonyl (C=O) groups is 1. The predicted octanol–water partition coefficient (Wildman–Crippen LogP) is 9.82. The van der Waals surface area contributed by atoms with Crippen LogP contribution in [0.15, 0.2) is 47.4 Å². The Balaban J connectivity index is 1.41. The first-order valence-electron chi connectivity index (χ1n) is 14.7. The molecule has 0 saturated heterocycles. The van der Waals surface area contributed by atoms with Crippen molar-refractivity contribution in [2.24, 2.45) is 5.92 Å². The Bertz CT molecular complexity index is 1150. The number of thioether (sulfide) groups is 1. The van der Waals surface area contributed by atoms with Crippen LogP contribution < -0.4 is 0 Å². The Kier molecular flexibility index (Phi) is 12.0. The molecule has 1 unspecified atom stereocenters. The summed E-state index contributed by atoms with van der Waals surface area (Å²) in [7, 11) is 0. The summed E-state index contributed by atoms with van der Waals surface area (Å²) < 4.78 is 63.1. The molecule has 0 radical (unpaired) electrons. The van der Waals surface area contributed by atoms with Crippen LogP contribution in [0, 0.1) is 5.92 Å². The fourth-order valence-corrected chi connectivity index (χ4v) is 7.34. The zero-order chi connectivity index (χ0) is 31.0. The van der Waals surface area contributed by atoms with E-state index in [1.165, 1.54) is 11.1 Å². The van der Waals surface area contributed by atoms with Crippen molar-refractivity contribution < 1.29 is 42.1 Å². The number of rotatable bonds is 16. The second-order valence-corrected chi connectivity index (χ2v) is 12.7. The van der Waals surface area contributed by atoms with E-state index in [0.717, 1.165) is 55.6 Å². The molecule has 0 bridgehead atoms. The normalized spacial score (nSPS) is 19.8. The Morgan fingerprint density at radius 2 is 1.45 bits per heavy atom. The maximum absolute atomic E-state index is 13.1. The van der Waals surface area contributed by atoms with Crippen LogP contribution in [0.25, 0.3) is 0 Å². The third-order valence-corrected chi connectivity index (χ3v) is 9.96. The van der Waals surface area contributed by atoms with E-state index in [2.05, 4.69) is 6.92 Å². The number of phenols is 2. The summed E-state index contributed by atoms with van der Waals surface area (Å²) in [5.41, 5.74) is 2.27. The lowest BCUT2D eigenvalue weighted by Crippen LogP contribution is -2.36. The molecule has 0 amide bonds. The van der Waals surface area contributed by atoms with Crippen molar-refractivity contribution in [3.63, 3.8) is 0 Å². The molecular formula is C32H41F5O4S. The van der Waals surface area contributed by atoms with E-state index in [1.807, 2.05) is 24.3 Å². The largest absolute Gasteiger partial charge is 0.508 e. The molecule has 1 aliphatic rings. The van der Waals surface area contributed by atoms with Gasteiger partial charge in [-0.3, -0.25) is 4.79 Å². The number of aliphatic carboxylic acids is 1. The molecule has 3 rings (SSSR count). The highest BCUT2D eigenvalue weighted by Crippen LogP contribution is 2.52. The number of phenolic OH excluding ortho intramolecular Hbond substituents is 2. The SMILES string of the molecule is C[C@]1(c2ccc(O)cc2)CSc2cc(O)ccc2[C@H]1CCCCCCCCCC(CCCC(F)(F)C(F)(F)F)C(=O)O. The van der Waals surface area contributed by atoms with Gasteiger partial charge in [-0.25, -0.2) is 0 Å². The van der Waals surface area contributed by atoms with Gasteiger partial charge in [-0.2, -0.15) is 22.0 Å². The summed E-state index contributed by atoms with van der Waals surface area (Å²) in [6.45, 7) is 2.26. The Labute approximate surface area is 248 Å². The molecule has 0 aliphatic carbocycles. The summed E-state index contributed by atoms with van der Waals surface area (Å²) in [6.07, 6.45) is -0.0611. The molecule has 2 aromatic carbocycles. The summed E-state index contributed by atoms with van der Waals surface area (Å²) >= 11 is 1.74. The minimum atomic E-state index is -5.61. The molecule has 234 valence electrons. The van der Waals surface area contributed by atoms with Gasteiger partial charge in [0.2, 0.25) is 0 Å². The highest BCUT2D eigenvalue weighted by atomic mass is 32.2. The summed E-state index contributed by atoms with van der Waals surface area (Å²) in [5, 5.41) is 29.1. The molecule has 0 spiro atoms. The molecule has 42 heavy (non-hydrogen) atoms. The van der Waals surface area contributed by atoms with Gasteiger partial charge in [-0.15, -0.1) is 11.8 Å².